The highest BCUT2D eigenvalue weighted by Crippen LogP contribution is 2.23. The lowest BCUT2D eigenvalue weighted by Crippen LogP contribution is -2.10. The minimum atomic E-state index is -0.403. The summed E-state index contributed by atoms with van der Waals surface area (Å²) in [4.78, 5) is 12.2. The maximum atomic E-state index is 12.2. The van der Waals surface area contributed by atoms with Crippen molar-refractivity contribution in [3.63, 3.8) is 0 Å². The molecule has 0 saturated carbocycles. The molecule has 0 spiro atoms. The molecule has 128 valence electrons. The Kier molecular flexibility index (Phi) is 4.95. The summed E-state index contributed by atoms with van der Waals surface area (Å²) in [5.74, 6) is 1.06. The van der Waals surface area contributed by atoms with Gasteiger partial charge in [0.15, 0.2) is 5.76 Å². The third kappa shape index (κ3) is 4.33. The van der Waals surface area contributed by atoms with Gasteiger partial charge in [0.2, 0.25) is 0 Å². The molecule has 3 rings (SSSR count). The van der Waals surface area contributed by atoms with E-state index in [0.717, 1.165) is 5.56 Å². The lowest BCUT2D eigenvalue weighted by Gasteiger charge is -2.07. The smallest absolute Gasteiger partial charge is 0.291 e. The molecule has 5 nitrogen and oxygen atoms in total. The number of phenols is 1. The molecule has 3 aromatic rings. The summed E-state index contributed by atoms with van der Waals surface area (Å²) in [5, 5.41) is 12.7. The standard InChI is InChI=1S/C19H16ClNO4/c1-12-9-13(20)5-7-17(12)24-11-16-6-8-18(25-16)19(23)21-14-3-2-4-15(22)10-14/h2-10,22H,11H2,1H3,(H,21,23). The number of carbonyl (C=O) groups excluding carboxylic acids is 1. The highest BCUT2D eigenvalue weighted by Gasteiger charge is 2.12. The third-order valence-electron chi connectivity index (χ3n) is 3.50. The fraction of sp³-hybridized carbons (Fsp3) is 0.105. The van der Waals surface area contributed by atoms with Gasteiger partial charge < -0.3 is 19.6 Å². The van der Waals surface area contributed by atoms with Crippen molar-refractivity contribution >= 4 is 23.2 Å². The summed E-state index contributed by atoms with van der Waals surface area (Å²) < 4.78 is 11.2. The number of anilines is 1. The molecule has 2 aromatic carbocycles. The third-order valence-corrected chi connectivity index (χ3v) is 3.73. The van der Waals surface area contributed by atoms with Crippen LogP contribution in [0.25, 0.3) is 0 Å². The number of hydrogen-bond acceptors (Lipinski definition) is 4. The van der Waals surface area contributed by atoms with E-state index in [4.69, 9.17) is 20.8 Å². The van der Waals surface area contributed by atoms with Gasteiger partial charge in [-0.05, 0) is 55.0 Å². The molecule has 0 atom stereocenters. The van der Waals surface area contributed by atoms with Crippen LogP contribution in [0.3, 0.4) is 0 Å². The van der Waals surface area contributed by atoms with Gasteiger partial charge in [0.1, 0.15) is 23.9 Å². The summed E-state index contributed by atoms with van der Waals surface area (Å²) in [6.45, 7) is 2.10. The van der Waals surface area contributed by atoms with Crippen LogP contribution in [0.2, 0.25) is 5.02 Å². The molecular weight excluding hydrogens is 342 g/mol. The first kappa shape index (κ1) is 16.9. The zero-order valence-corrected chi connectivity index (χ0v) is 14.2. The second-order valence-electron chi connectivity index (χ2n) is 5.47. The first-order valence-electron chi connectivity index (χ1n) is 7.59. The normalized spacial score (nSPS) is 10.5. The number of phenolic OH excluding ortho intramolecular Hbond substituents is 1. The van der Waals surface area contributed by atoms with E-state index in [0.29, 0.717) is 22.2 Å². The summed E-state index contributed by atoms with van der Waals surface area (Å²) in [6, 6.07) is 14.9. The Labute approximate surface area is 149 Å². The molecule has 1 heterocycles. The quantitative estimate of drug-likeness (QED) is 0.689. The van der Waals surface area contributed by atoms with Crippen LogP contribution in [0.1, 0.15) is 21.9 Å². The molecule has 1 amide bonds. The molecule has 2 N–H and O–H groups in total. The van der Waals surface area contributed by atoms with E-state index >= 15 is 0 Å². The topological polar surface area (TPSA) is 71.7 Å². The van der Waals surface area contributed by atoms with E-state index in [1.807, 2.05) is 13.0 Å². The number of benzene rings is 2. The number of aromatic hydroxyl groups is 1. The van der Waals surface area contributed by atoms with Gasteiger partial charge in [0.25, 0.3) is 5.91 Å². The molecule has 0 bridgehead atoms. The predicted molar refractivity (Wildman–Crippen MR) is 95.3 cm³/mol. The zero-order valence-electron chi connectivity index (χ0n) is 13.5. The zero-order chi connectivity index (χ0) is 17.8. The Morgan fingerprint density at radius 2 is 2.04 bits per heavy atom. The largest absolute Gasteiger partial charge is 0.508 e. The Hall–Kier alpha value is -2.92. The number of nitrogens with one attached hydrogen (secondary N) is 1. The van der Waals surface area contributed by atoms with Crippen molar-refractivity contribution in [2.75, 3.05) is 5.32 Å². The lowest BCUT2D eigenvalue weighted by molar-refractivity contribution is 0.0992. The molecule has 0 fully saturated rings. The maximum Gasteiger partial charge on any atom is 0.291 e. The Balaban J connectivity index is 1.62. The lowest BCUT2D eigenvalue weighted by atomic mass is 10.2. The first-order valence-corrected chi connectivity index (χ1v) is 7.97. The summed E-state index contributed by atoms with van der Waals surface area (Å²) >= 11 is 5.91. The van der Waals surface area contributed by atoms with Crippen LogP contribution >= 0.6 is 11.6 Å². The van der Waals surface area contributed by atoms with Gasteiger partial charge in [-0.1, -0.05) is 17.7 Å². The van der Waals surface area contributed by atoms with Crippen molar-refractivity contribution in [1.82, 2.24) is 0 Å². The van der Waals surface area contributed by atoms with Crippen molar-refractivity contribution in [1.29, 1.82) is 0 Å². The number of ether oxygens (including phenoxy) is 1. The van der Waals surface area contributed by atoms with Gasteiger partial charge in [-0.2, -0.15) is 0 Å². The average Bonchev–Trinajstić information content (AvgIpc) is 3.03. The monoisotopic (exact) mass is 357 g/mol. The van der Waals surface area contributed by atoms with Crippen LogP contribution in [0, 0.1) is 6.92 Å². The van der Waals surface area contributed by atoms with Crippen molar-refractivity contribution in [2.45, 2.75) is 13.5 Å². The van der Waals surface area contributed by atoms with Crippen molar-refractivity contribution in [3.8, 4) is 11.5 Å². The number of amides is 1. The fourth-order valence-corrected chi connectivity index (χ4v) is 2.50. The van der Waals surface area contributed by atoms with Crippen LogP contribution in [-0.4, -0.2) is 11.0 Å². The Morgan fingerprint density at radius 3 is 2.80 bits per heavy atom. The molecule has 1 aromatic heterocycles. The van der Waals surface area contributed by atoms with Crippen LogP contribution in [0.4, 0.5) is 5.69 Å². The summed E-state index contributed by atoms with van der Waals surface area (Å²) in [7, 11) is 0. The van der Waals surface area contributed by atoms with Gasteiger partial charge in [-0.25, -0.2) is 0 Å². The molecule has 6 heteroatoms. The summed E-state index contributed by atoms with van der Waals surface area (Å²) in [6.07, 6.45) is 0. The predicted octanol–water partition coefficient (Wildman–Crippen LogP) is 4.78. The minimum absolute atomic E-state index is 0.0738. The Morgan fingerprint density at radius 1 is 1.20 bits per heavy atom. The van der Waals surface area contributed by atoms with Crippen molar-refractivity contribution < 1.29 is 19.1 Å². The van der Waals surface area contributed by atoms with Crippen molar-refractivity contribution in [3.05, 3.63) is 76.7 Å². The van der Waals surface area contributed by atoms with E-state index in [9.17, 15) is 9.90 Å². The average molecular weight is 358 g/mol. The Bertz CT molecular complexity index is 904. The van der Waals surface area contributed by atoms with Crippen LogP contribution in [0.15, 0.2) is 59.0 Å². The number of hydrogen-bond donors (Lipinski definition) is 2. The van der Waals surface area contributed by atoms with Gasteiger partial charge >= 0.3 is 0 Å². The highest BCUT2D eigenvalue weighted by atomic mass is 35.5. The maximum absolute atomic E-state index is 12.2. The molecule has 0 unspecified atom stereocenters. The molecule has 0 saturated heterocycles. The molecule has 0 aliphatic rings. The number of halogens is 1. The number of carbonyl (C=O) groups is 1. The van der Waals surface area contributed by atoms with E-state index in [-0.39, 0.29) is 18.1 Å². The second-order valence-corrected chi connectivity index (χ2v) is 5.91. The van der Waals surface area contributed by atoms with Crippen molar-refractivity contribution in [2.24, 2.45) is 0 Å². The first-order chi connectivity index (χ1) is 12.0. The van der Waals surface area contributed by atoms with E-state index in [1.165, 1.54) is 12.1 Å². The SMILES string of the molecule is Cc1cc(Cl)ccc1OCc1ccc(C(=O)Nc2cccc(O)c2)o1. The highest BCUT2D eigenvalue weighted by molar-refractivity contribution is 6.30. The van der Waals surface area contributed by atoms with Gasteiger partial charge in [-0.3, -0.25) is 4.79 Å². The molecular formula is C19H16ClNO4. The number of rotatable bonds is 5. The number of furan rings is 1. The molecule has 0 aliphatic heterocycles. The second kappa shape index (κ2) is 7.32. The molecule has 25 heavy (non-hydrogen) atoms. The molecule has 0 aliphatic carbocycles. The van der Waals surface area contributed by atoms with Gasteiger partial charge in [-0.15, -0.1) is 0 Å². The number of aryl methyl sites for hydroxylation is 1. The minimum Gasteiger partial charge on any atom is -0.508 e. The van der Waals surface area contributed by atoms with E-state index in [1.54, 1.807) is 36.4 Å². The summed E-state index contributed by atoms with van der Waals surface area (Å²) in [5.41, 5.74) is 1.40. The van der Waals surface area contributed by atoms with E-state index in [2.05, 4.69) is 5.32 Å². The van der Waals surface area contributed by atoms with Crippen LogP contribution in [0.5, 0.6) is 11.5 Å². The molecule has 0 radical (unpaired) electrons. The van der Waals surface area contributed by atoms with Crippen LogP contribution < -0.4 is 10.1 Å². The van der Waals surface area contributed by atoms with Crippen LogP contribution in [-0.2, 0) is 6.61 Å². The van der Waals surface area contributed by atoms with E-state index < -0.39 is 5.91 Å². The fourth-order valence-electron chi connectivity index (χ4n) is 2.28. The van der Waals surface area contributed by atoms with Gasteiger partial charge in [0, 0.05) is 16.8 Å². The van der Waals surface area contributed by atoms with Gasteiger partial charge in [0.05, 0.1) is 0 Å².